The first-order valence-corrected chi connectivity index (χ1v) is 8.40. The number of aliphatic hydroxyl groups is 1. The van der Waals surface area contributed by atoms with Crippen molar-refractivity contribution < 1.29 is 24.0 Å². The second kappa shape index (κ2) is 7.74. The van der Waals surface area contributed by atoms with E-state index < -0.39 is 12.1 Å². The van der Waals surface area contributed by atoms with Gasteiger partial charge in [-0.2, -0.15) is 10.1 Å². The maximum atomic E-state index is 12.5. The number of amides is 1. The Balaban J connectivity index is 1.79. The number of anilines is 2. The Bertz CT molecular complexity index is 931. The van der Waals surface area contributed by atoms with E-state index in [1.165, 1.54) is 16.9 Å². The van der Waals surface area contributed by atoms with Crippen molar-refractivity contribution in [2.24, 2.45) is 0 Å². The number of nitrogen functional groups attached to an aromatic ring is 1. The van der Waals surface area contributed by atoms with Crippen molar-refractivity contribution in [3.05, 3.63) is 70.3 Å². The van der Waals surface area contributed by atoms with Gasteiger partial charge < -0.3 is 10.8 Å². The zero-order chi connectivity index (χ0) is 18.7. The third-order valence-electron chi connectivity index (χ3n) is 3.59. The van der Waals surface area contributed by atoms with Crippen LogP contribution in [0.1, 0.15) is 11.7 Å². The van der Waals surface area contributed by atoms with Crippen LogP contribution in [0.25, 0.3) is 0 Å². The van der Waals surface area contributed by atoms with Crippen LogP contribution in [0.4, 0.5) is 16.4 Å². The van der Waals surface area contributed by atoms with Gasteiger partial charge in [-0.25, -0.2) is 4.52 Å². The standard InChI is InChI=1S/C17H15Cl2N4O3/c18-13-7-6-12(8-14(13)19)21-17(25)23-22(10-16(20)26-23)9-15(24)11-4-2-1-3-5-11/h1-8,10,15,24H,9H2,(H2-,20,21,25)/q+1/p+1. The Morgan fingerprint density at radius 3 is 2.62 bits per heavy atom. The number of nitrogens with one attached hydrogen (secondary N) is 1. The highest BCUT2D eigenvalue weighted by Gasteiger charge is 2.33. The van der Waals surface area contributed by atoms with Crippen LogP contribution in [0.3, 0.4) is 0 Å². The second-order valence-corrected chi connectivity index (χ2v) is 6.32. The van der Waals surface area contributed by atoms with Gasteiger partial charge in [-0.1, -0.05) is 53.5 Å². The lowest BCUT2D eigenvalue weighted by Crippen LogP contribution is -2.70. The van der Waals surface area contributed by atoms with Crippen molar-refractivity contribution in [1.82, 2.24) is 0 Å². The van der Waals surface area contributed by atoms with E-state index in [4.69, 9.17) is 33.5 Å². The highest BCUT2D eigenvalue weighted by atomic mass is 35.5. The lowest BCUT2D eigenvalue weighted by molar-refractivity contribution is -1.27. The van der Waals surface area contributed by atoms with Gasteiger partial charge in [0.05, 0.1) is 10.0 Å². The van der Waals surface area contributed by atoms with Gasteiger partial charge in [0.15, 0.2) is 0 Å². The fraction of sp³-hybridized carbons (Fsp3) is 0.118. The molecule has 0 aliphatic carbocycles. The van der Waals surface area contributed by atoms with Gasteiger partial charge in [-0.05, 0) is 17.7 Å². The number of carbonyl (C=O) groups is 1. The van der Waals surface area contributed by atoms with Crippen molar-refractivity contribution in [2.75, 3.05) is 11.1 Å². The van der Waals surface area contributed by atoms with Crippen molar-refractivity contribution in [3.63, 3.8) is 0 Å². The third kappa shape index (κ3) is 4.13. The van der Waals surface area contributed by atoms with Crippen molar-refractivity contribution >= 4 is 40.8 Å². The fourth-order valence-electron chi connectivity index (χ4n) is 2.36. The Morgan fingerprint density at radius 2 is 1.92 bits per heavy atom. The topological polar surface area (TPSA) is 96.2 Å². The molecular formula is C17H16Cl2N4O3+2. The molecule has 134 valence electrons. The molecule has 0 saturated heterocycles. The molecule has 1 unspecified atom stereocenters. The predicted octanol–water partition coefficient (Wildman–Crippen LogP) is 2.56. The molecule has 0 radical (unpaired) electrons. The predicted molar refractivity (Wildman–Crippen MR) is 95.8 cm³/mol. The minimum Gasteiger partial charge on any atom is -0.382 e. The monoisotopic (exact) mass is 394 g/mol. The summed E-state index contributed by atoms with van der Waals surface area (Å²) in [5, 5.41) is 13.7. The number of carbonyl (C=O) groups excluding carboxylic acids is 1. The molecule has 2 aromatic carbocycles. The van der Waals surface area contributed by atoms with Gasteiger partial charge in [-0.3, -0.25) is 0 Å². The van der Waals surface area contributed by atoms with Crippen LogP contribution < -0.4 is 20.6 Å². The first-order valence-electron chi connectivity index (χ1n) is 7.65. The summed E-state index contributed by atoms with van der Waals surface area (Å²) in [6.45, 7) is 0.0690. The van der Waals surface area contributed by atoms with E-state index >= 15 is 0 Å². The van der Waals surface area contributed by atoms with Gasteiger partial charge >= 0.3 is 11.9 Å². The summed E-state index contributed by atoms with van der Waals surface area (Å²) in [5.41, 5.74) is 6.80. The molecule has 1 aromatic heterocycles. The quantitative estimate of drug-likeness (QED) is 0.592. The van der Waals surface area contributed by atoms with Crippen LogP contribution in [-0.2, 0) is 6.54 Å². The maximum absolute atomic E-state index is 12.5. The minimum absolute atomic E-state index is 0.0227. The summed E-state index contributed by atoms with van der Waals surface area (Å²) >= 11 is 11.8. The number of nitrogens with two attached hydrogens (primary N) is 1. The smallest absolute Gasteiger partial charge is 0.382 e. The van der Waals surface area contributed by atoms with Crippen molar-refractivity contribution in [2.45, 2.75) is 12.6 Å². The summed E-state index contributed by atoms with van der Waals surface area (Å²) in [6, 6.07) is 13.1. The normalized spacial score (nSPS) is 12.0. The number of rotatable bonds is 4. The summed E-state index contributed by atoms with van der Waals surface area (Å²) in [4.78, 5) is 13.4. The van der Waals surface area contributed by atoms with Gasteiger partial charge in [0.25, 0.3) is 6.20 Å². The number of benzene rings is 2. The summed E-state index contributed by atoms with van der Waals surface area (Å²) in [6.07, 6.45) is 0.572. The number of aromatic nitrogens is 2. The van der Waals surface area contributed by atoms with Crippen LogP contribution >= 0.6 is 23.2 Å². The molecular weight excluding hydrogens is 379 g/mol. The summed E-state index contributed by atoms with van der Waals surface area (Å²) in [5.74, 6) is 0.0227. The van der Waals surface area contributed by atoms with Crippen LogP contribution in [0.15, 0.2) is 59.3 Å². The third-order valence-corrected chi connectivity index (χ3v) is 4.33. The molecule has 0 spiro atoms. The van der Waals surface area contributed by atoms with E-state index in [2.05, 4.69) is 5.32 Å². The molecule has 1 amide bonds. The number of hydrogen-bond acceptors (Lipinski definition) is 4. The van der Waals surface area contributed by atoms with E-state index in [0.717, 1.165) is 4.85 Å². The largest absolute Gasteiger partial charge is 0.597 e. The zero-order valence-corrected chi connectivity index (χ0v) is 15.0. The Kier molecular flexibility index (Phi) is 5.41. The lowest BCUT2D eigenvalue weighted by atomic mass is 10.1. The molecule has 4 N–H and O–H groups in total. The second-order valence-electron chi connectivity index (χ2n) is 5.50. The van der Waals surface area contributed by atoms with E-state index in [9.17, 15) is 9.90 Å². The Morgan fingerprint density at radius 1 is 1.19 bits per heavy atom. The maximum Gasteiger partial charge on any atom is 0.597 e. The number of halogens is 2. The molecule has 3 aromatic rings. The van der Waals surface area contributed by atoms with Crippen molar-refractivity contribution in [1.29, 1.82) is 0 Å². The Hall–Kier alpha value is -2.61. The molecule has 0 aliphatic rings. The highest BCUT2D eigenvalue weighted by Crippen LogP contribution is 2.24. The average Bonchev–Trinajstić information content (AvgIpc) is 2.99. The molecule has 0 saturated carbocycles. The molecule has 26 heavy (non-hydrogen) atoms. The fourth-order valence-corrected chi connectivity index (χ4v) is 2.66. The van der Waals surface area contributed by atoms with Gasteiger partial charge in [-0.15, -0.1) is 0 Å². The molecule has 7 nitrogen and oxygen atoms in total. The average molecular weight is 395 g/mol. The molecule has 0 aliphatic heterocycles. The molecule has 1 heterocycles. The molecule has 1 atom stereocenters. The lowest BCUT2D eigenvalue weighted by Gasteiger charge is -2.04. The summed E-state index contributed by atoms with van der Waals surface area (Å²) < 4.78 is 6.59. The van der Waals surface area contributed by atoms with E-state index in [0.29, 0.717) is 21.3 Å². The SMILES string of the molecule is Nc1c[n+](CC(O)c2ccccc2)[n+](C(=O)Nc2ccc(Cl)c(Cl)c2)o1. The van der Waals surface area contributed by atoms with Gasteiger partial charge in [0.2, 0.25) is 11.4 Å². The molecule has 0 bridgehead atoms. The van der Waals surface area contributed by atoms with E-state index in [-0.39, 0.29) is 12.4 Å². The van der Waals surface area contributed by atoms with Crippen LogP contribution in [0.2, 0.25) is 10.0 Å². The first-order chi connectivity index (χ1) is 12.4. The number of hydrogen-bond donors (Lipinski definition) is 3. The molecule has 0 fully saturated rings. The van der Waals surface area contributed by atoms with Crippen molar-refractivity contribution in [3.8, 4) is 0 Å². The molecule has 9 heteroatoms. The minimum atomic E-state index is -0.845. The first kappa shape index (κ1) is 18.2. The summed E-state index contributed by atoms with van der Waals surface area (Å²) in [7, 11) is 0. The van der Waals surface area contributed by atoms with Crippen LogP contribution in [0.5, 0.6) is 0 Å². The van der Waals surface area contributed by atoms with E-state index in [1.54, 1.807) is 24.3 Å². The van der Waals surface area contributed by atoms with Crippen LogP contribution in [0, 0.1) is 0 Å². The molecule has 3 rings (SSSR count). The van der Waals surface area contributed by atoms with Gasteiger partial charge in [0, 0.05) is 10.7 Å². The number of aliphatic hydroxyl groups excluding tert-OH is 1. The van der Waals surface area contributed by atoms with Crippen LogP contribution in [-0.4, -0.2) is 11.1 Å². The van der Waals surface area contributed by atoms with E-state index in [1.807, 2.05) is 18.2 Å². The highest BCUT2D eigenvalue weighted by molar-refractivity contribution is 6.42. The Labute approximate surface area is 159 Å². The van der Waals surface area contributed by atoms with Gasteiger partial charge in [0.1, 0.15) is 11.8 Å². The number of nitrogens with zero attached hydrogens (tertiary/aromatic N) is 2. The zero-order valence-electron chi connectivity index (χ0n) is 13.5.